The number of benzene rings is 2. The van der Waals surface area contributed by atoms with Gasteiger partial charge in [0, 0.05) is 13.0 Å². The van der Waals surface area contributed by atoms with Crippen LogP contribution in [0.25, 0.3) is 0 Å². The fourth-order valence-electron chi connectivity index (χ4n) is 3.68. The number of amides is 1. The van der Waals surface area contributed by atoms with Crippen molar-refractivity contribution in [2.24, 2.45) is 0 Å². The number of fused-ring (bicyclic) bond motifs is 1. The van der Waals surface area contributed by atoms with Gasteiger partial charge in [-0.3, -0.25) is 9.52 Å². The van der Waals surface area contributed by atoms with E-state index in [9.17, 15) is 22.4 Å². The topological polar surface area (TPSA) is 135 Å². The molecule has 3 rings (SSSR count). The fourth-order valence-corrected chi connectivity index (χ4v) is 4.73. The molecule has 12 heteroatoms. The van der Waals surface area contributed by atoms with E-state index in [1.807, 2.05) is 0 Å². The molecule has 0 saturated heterocycles. The van der Waals surface area contributed by atoms with Gasteiger partial charge in [-0.1, -0.05) is 12.7 Å². The number of ether oxygens (including phenoxy) is 2. The second kappa shape index (κ2) is 11.1. The zero-order valence-electron chi connectivity index (χ0n) is 20.9. The van der Waals surface area contributed by atoms with Crippen molar-refractivity contribution in [3.8, 4) is 0 Å². The van der Waals surface area contributed by atoms with E-state index in [1.54, 1.807) is 39.0 Å². The normalized spacial score (nSPS) is 16.5. The maximum Gasteiger partial charge on any atom is 0.407 e. The Kier molecular flexibility index (Phi) is 8.32. The highest BCUT2D eigenvalue weighted by Crippen LogP contribution is 2.39. The quantitative estimate of drug-likeness (QED) is 0.263. The lowest BCUT2D eigenvalue weighted by Crippen LogP contribution is -2.47. The van der Waals surface area contributed by atoms with E-state index in [2.05, 4.69) is 27.3 Å². The number of sulfonamides is 1. The molecule has 2 aromatic rings. The summed E-state index contributed by atoms with van der Waals surface area (Å²) in [7, 11) is -3.95. The molecule has 0 spiro atoms. The highest BCUT2D eigenvalue weighted by Gasteiger charge is 2.39. The average molecular weight is 535 g/mol. The van der Waals surface area contributed by atoms with E-state index in [0.717, 1.165) is 12.1 Å². The number of alkyl carbamates (subject to hydrolysis) is 1. The van der Waals surface area contributed by atoms with Crippen LogP contribution in [-0.2, 0) is 24.3 Å². The monoisotopic (exact) mass is 534 g/mol. The van der Waals surface area contributed by atoms with Crippen molar-refractivity contribution in [1.29, 1.82) is 0 Å². The lowest BCUT2D eigenvalue weighted by molar-refractivity contribution is -0.155. The number of hydrogen-bond acceptors (Lipinski definition) is 8. The summed E-state index contributed by atoms with van der Waals surface area (Å²) in [5, 5.41) is 9.14. The van der Waals surface area contributed by atoms with Crippen molar-refractivity contribution in [3.05, 3.63) is 60.9 Å². The maximum absolute atomic E-state index is 13.2. The number of rotatable bonds is 10. The summed E-state index contributed by atoms with van der Waals surface area (Å²) in [6.45, 7) is 9.00. The molecule has 4 N–H and O–H groups in total. The van der Waals surface area contributed by atoms with Crippen LogP contribution < -0.4 is 20.7 Å². The zero-order valence-corrected chi connectivity index (χ0v) is 21.7. The van der Waals surface area contributed by atoms with Gasteiger partial charge in [-0.05, 0) is 63.2 Å². The van der Waals surface area contributed by atoms with Crippen molar-refractivity contribution in [2.45, 2.75) is 49.8 Å². The van der Waals surface area contributed by atoms with Crippen LogP contribution in [0.15, 0.2) is 60.0 Å². The largest absolute Gasteiger partial charge is 0.460 e. The first-order valence-corrected chi connectivity index (χ1v) is 13.0. The predicted molar refractivity (Wildman–Crippen MR) is 138 cm³/mol. The van der Waals surface area contributed by atoms with Crippen LogP contribution in [-0.4, -0.2) is 44.9 Å². The molecule has 1 atom stereocenters. The van der Waals surface area contributed by atoms with Crippen LogP contribution in [0.2, 0.25) is 0 Å². The summed E-state index contributed by atoms with van der Waals surface area (Å²) in [6.07, 6.45) is 1.00. The first kappa shape index (κ1) is 27.8. The molecule has 1 aliphatic heterocycles. The molecule has 2 aromatic carbocycles. The van der Waals surface area contributed by atoms with Gasteiger partial charge in [0.2, 0.25) is 0 Å². The minimum Gasteiger partial charge on any atom is -0.460 e. The number of halogens is 1. The number of anilines is 3. The molecule has 1 amide bonds. The molecule has 0 aliphatic carbocycles. The summed E-state index contributed by atoms with van der Waals surface area (Å²) < 4.78 is 51.5. The fraction of sp³-hybridized carbons (Fsp3) is 0.360. The highest BCUT2D eigenvalue weighted by atomic mass is 32.2. The Bertz CT molecular complexity index is 1260. The zero-order chi connectivity index (χ0) is 27.3. The van der Waals surface area contributed by atoms with E-state index in [4.69, 9.17) is 9.47 Å². The van der Waals surface area contributed by atoms with Crippen molar-refractivity contribution >= 4 is 39.1 Å². The van der Waals surface area contributed by atoms with Crippen LogP contribution in [0, 0.1) is 5.82 Å². The van der Waals surface area contributed by atoms with Gasteiger partial charge in [0.05, 0.1) is 28.4 Å². The van der Waals surface area contributed by atoms with Gasteiger partial charge in [-0.25, -0.2) is 17.6 Å². The Balaban J connectivity index is 1.77. The standard InChI is InChI=1S/C25H31FN4O6S/c1-5-14-35-23(32)27-13-12-25(16-22(31)36-24(2,3)4)28-20-11-8-18(15-21(20)29-25)30-37(33,34)19-9-6-17(26)7-10-19/h5-11,15,28-30H,1,12-14,16H2,2-4H3,(H,27,32). The van der Waals surface area contributed by atoms with Crippen molar-refractivity contribution in [3.63, 3.8) is 0 Å². The summed E-state index contributed by atoms with van der Waals surface area (Å²) in [6, 6.07) is 9.26. The number of carbonyl (C=O) groups excluding carboxylic acids is 2. The Morgan fingerprint density at radius 1 is 1.11 bits per heavy atom. The summed E-state index contributed by atoms with van der Waals surface area (Å²) >= 11 is 0. The molecule has 200 valence electrons. The highest BCUT2D eigenvalue weighted by molar-refractivity contribution is 7.92. The lowest BCUT2D eigenvalue weighted by atomic mass is 10.0. The third-order valence-corrected chi connectivity index (χ3v) is 6.56. The number of nitrogens with one attached hydrogen (secondary N) is 4. The minimum absolute atomic E-state index is 0.0629. The minimum atomic E-state index is -3.95. The molecule has 1 aliphatic rings. The smallest absolute Gasteiger partial charge is 0.407 e. The Morgan fingerprint density at radius 3 is 2.43 bits per heavy atom. The number of carbonyl (C=O) groups is 2. The molecule has 37 heavy (non-hydrogen) atoms. The maximum atomic E-state index is 13.2. The number of esters is 1. The second-order valence-corrected chi connectivity index (χ2v) is 11.2. The summed E-state index contributed by atoms with van der Waals surface area (Å²) in [4.78, 5) is 24.4. The molecule has 10 nitrogen and oxygen atoms in total. The predicted octanol–water partition coefficient (Wildman–Crippen LogP) is 4.19. The molecular weight excluding hydrogens is 503 g/mol. The van der Waals surface area contributed by atoms with Gasteiger partial charge in [0.25, 0.3) is 10.0 Å². The Labute approximate surface area is 215 Å². The first-order valence-electron chi connectivity index (χ1n) is 11.5. The molecule has 0 aromatic heterocycles. The van der Waals surface area contributed by atoms with Crippen molar-refractivity contribution in [1.82, 2.24) is 5.32 Å². The van der Waals surface area contributed by atoms with E-state index in [1.165, 1.54) is 18.2 Å². The molecule has 0 radical (unpaired) electrons. The van der Waals surface area contributed by atoms with Crippen LogP contribution >= 0.6 is 0 Å². The molecule has 0 bridgehead atoms. The SMILES string of the molecule is C=CCOC(=O)NCCC1(CC(=O)OC(C)(C)C)Nc2ccc(NS(=O)(=O)c3ccc(F)cc3)cc2N1. The van der Waals surface area contributed by atoms with Crippen LogP contribution in [0.4, 0.5) is 26.2 Å². The Hall–Kier alpha value is -3.80. The first-order chi connectivity index (χ1) is 17.3. The third-order valence-electron chi connectivity index (χ3n) is 5.16. The van der Waals surface area contributed by atoms with Gasteiger partial charge in [0.1, 0.15) is 23.7 Å². The molecule has 1 heterocycles. The summed E-state index contributed by atoms with van der Waals surface area (Å²) in [5.41, 5.74) is -0.288. The van der Waals surface area contributed by atoms with Crippen LogP contribution in [0.1, 0.15) is 33.6 Å². The van der Waals surface area contributed by atoms with E-state index < -0.39 is 39.2 Å². The average Bonchev–Trinajstić information content (AvgIpc) is 3.13. The van der Waals surface area contributed by atoms with Gasteiger partial charge < -0.3 is 25.4 Å². The van der Waals surface area contributed by atoms with Crippen LogP contribution in [0.3, 0.4) is 0 Å². The van der Waals surface area contributed by atoms with Gasteiger partial charge in [-0.2, -0.15) is 0 Å². The van der Waals surface area contributed by atoms with Gasteiger partial charge >= 0.3 is 12.1 Å². The molecule has 1 unspecified atom stereocenters. The number of hydrogen-bond donors (Lipinski definition) is 4. The summed E-state index contributed by atoms with van der Waals surface area (Å²) in [5.74, 6) is -1.01. The molecular formula is C25H31FN4O6S. The van der Waals surface area contributed by atoms with Gasteiger partial charge in [-0.15, -0.1) is 0 Å². The Morgan fingerprint density at radius 2 is 1.78 bits per heavy atom. The van der Waals surface area contributed by atoms with Crippen molar-refractivity contribution < 1.29 is 31.9 Å². The second-order valence-electron chi connectivity index (χ2n) is 9.48. The van der Waals surface area contributed by atoms with E-state index in [0.29, 0.717) is 11.4 Å². The molecule has 0 fully saturated rings. The third kappa shape index (κ3) is 7.84. The van der Waals surface area contributed by atoms with E-state index >= 15 is 0 Å². The lowest BCUT2D eigenvalue weighted by Gasteiger charge is -2.31. The molecule has 0 saturated carbocycles. The van der Waals surface area contributed by atoms with Gasteiger partial charge in [0.15, 0.2) is 0 Å². The van der Waals surface area contributed by atoms with E-state index in [-0.39, 0.29) is 36.6 Å². The van der Waals surface area contributed by atoms with Crippen molar-refractivity contribution in [2.75, 3.05) is 28.5 Å². The van der Waals surface area contributed by atoms with Crippen LogP contribution in [0.5, 0.6) is 0 Å².